The molecule has 0 aromatic heterocycles. The molecule has 0 heterocycles. The Morgan fingerprint density at radius 2 is 1.88 bits per heavy atom. The van der Waals surface area contributed by atoms with E-state index in [4.69, 9.17) is 5.14 Å². The first-order valence-corrected chi connectivity index (χ1v) is 9.54. The Morgan fingerprint density at radius 3 is 2.36 bits per heavy atom. The molecule has 9 heteroatoms. The number of nitrogens with one attached hydrogen (secondary N) is 2. The molecule has 4 N–H and O–H groups in total. The lowest BCUT2D eigenvalue weighted by atomic mass is 10.2. The van der Waals surface area contributed by atoms with Gasteiger partial charge in [-0.1, -0.05) is 19.1 Å². The summed E-state index contributed by atoms with van der Waals surface area (Å²) < 4.78 is 22.5. The summed E-state index contributed by atoms with van der Waals surface area (Å²) in [4.78, 5) is 17.7. The molecule has 1 aromatic carbocycles. The molecule has 0 radical (unpaired) electrons. The summed E-state index contributed by atoms with van der Waals surface area (Å²) in [7, 11) is -0.318. The van der Waals surface area contributed by atoms with E-state index in [2.05, 4.69) is 15.6 Å². The average Bonchev–Trinajstić information content (AvgIpc) is 2.56. The number of guanidine groups is 1. The van der Waals surface area contributed by atoms with Crippen molar-refractivity contribution in [2.24, 2.45) is 10.1 Å². The third-order valence-electron chi connectivity index (χ3n) is 3.57. The number of nitrogens with zero attached hydrogens (tertiary/aromatic N) is 2. The molecule has 8 nitrogen and oxygen atoms in total. The normalized spacial score (nSPS) is 13.2. The summed E-state index contributed by atoms with van der Waals surface area (Å²) in [5.74, 6) is 0.469. The van der Waals surface area contributed by atoms with Crippen LogP contribution in [0.15, 0.2) is 34.2 Å². The number of benzene rings is 1. The van der Waals surface area contributed by atoms with Gasteiger partial charge in [0, 0.05) is 20.1 Å². The maximum Gasteiger partial charge on any atom is 0.241 e. The van der Waals surface area contributed by atoms with Gasteiger partial charge in [-0.15, -0.1) is 0 Å². The number of primary sulfonamides is 1. The highest BCUT2D eigenvalue weighted by atomic mass is 32.2. The van der Waals surface area contributed by atoms with Crippen molar-refractivity contribution in [3.8, 4) is 0 Å². The van der Waals surface area contributed by atoms with Gasteiger partial charge in [-0.2, -0.15) is 0 Å². The second-order valence-corrected chi connectivity index (χ2v) is 7.51. The van der Waals surface area contributed by atoms with Gasteiger partial charge in [-0.05, 0) is 31.0 Å². The summed E-state index contributed by atoms with van der Waals surface area (Å²) >= 11 is 0. The summed E-state index contributed by atoms with van der Waals surface area (Å²) in [6, 6.07) is 6.42. The zero-order chi connectivity index (χ0) is 19.0. The van der Waals surface area contributed by atoms with Crippen LogP contribution in [0.2, 0.25) is 0 Å². The number of hydrogen-bond donors (Lipinski definition) is 3. The quantitative estimate of drug-likeness (QED) is 0.471. The van der Waals surface area contributed by atoms with Gasteiger partial charge in [0.1, 0.15) is 0 Å². The molecule has 0 saturated carbocycles. The average molecular weight is 369 g/mol. The van der Waals surface area contributed by atoms with E-state index in [1.165, 1.54) is 17.0 Å². The van der Waals surface area contributed by atoms with Crippen molar-refractivity contribution in [3.63, 3.8) is 0 Å². The van der Waals surface area contributed by atoms with Gasteiger partial charge in [-0.25, -0.2) is 18.5 Å². The molecule has 1 rings (SSSR count). The van der Waals surface area contributed by atoms with E-state index in [9.17, 15) is 13.2 Å². The van der Waals surface area contributed by atoms with E-state index in [1.807, 2.05) is 13.8 Å². The molecule has 0 bridgehead atoms. The molecule has 0 aliphatic heterocycles. The zero-order valence-corrected chi connectivity index (χ0v) is 15.9. The number of carbonyl (C=O) groups is 1. The molecule has 1 amide bonds. The van der Waals surface area contributed by atoms with Crippen LogP contribution < -0.4 is 15.8 Å². The number of hydrogen-bond acceptors (Lipinski definition) is 4. The highest BCUT2D eigenvalue weighted by Gasteiger charge is 2.09. The standard InChI is InChI=1S/C16H27N5O3S/c1-5-12(2)20-16(19-11-15(22)21(3)4)18-10-13-6-8-14(9-7-13)25(17,23)24/h6-9,12H,5,10-11H2,1-4H3,(H2,17,23,24)(H2,18,19,20). The number of nitrogens with two attached hydrogens (primary N) is 1. The van der Waals surface area contributed by atoms with Crippen LogP contribution in [0.3, 0.4) is 0 Å². The molecule has 1 unspecified atom stereocenters. The Bertz CT molecular complexity index is 699. The van der Waals surface area contributed by atoms with Gasteiger partial charge >= 0.3 is 0 Å². The minimum Gasteiger partial charge on any atom is -0.354 e. The lowest BCUT2D eigenvalue weighted by Gasteiger charge is -2.18. The second kappa shape index (κ2) is 9.38. The zero-order valence-electron chi connectivity index (χ0n) is 15.1. The third-order valence-corrected chi connectivity index (χ3v) is 4.50. The Labute approximate surface area is 149 Å². The molecule has 0 saturated heterocycles. The first-order chi connectivity index (χ1) is 11.6. The lowest BCUT2D eigenvalue weighted by Crippen LogP contribution is -2.45. The van der Waals surface area contributed by atoms with Gasteiger partial charge in [0.15, 0.2) is 5.96 Å². The molecule has 0 fully saturated rings. The van der Waals surface area contributed by atoms with Crippen molar-refractivity contribution in [2.45, 2.75) is 37.8 Å². The molecule has 0 aliphatic rings. The summed E-state index contributed by atoms with van der Waals surface area (Å²) in [5.41, 5.74) is 0.830. The van der Waals surface area contributed by atoms with Gasteiger partial charge in [0.2, 0.25) is 15.9 Å². The van der Waals surface area contributed by atoms with Gasteiger partial charge in [-0.3, -0.25) is 4.79 Å². The van der Waals surface area contributed by atoms with Crippen LogP contribution in [-0.4, -0.2) is 51.9 Å². The van der Waals surface area contributed by atoms with Crippen molar-refractivity contribution >= 4 is 21.9 Å². The number of amides is 1. The predicted molar refractivity (Wildman–Crippen MR) is 98.5 cm³/mol. The molecule has 0 aliphatic carbocycles. The largest absolute Gasteiger partial charge is 0.354 e. The van der Waals surface area contributed by atoms with Crippen LogP contribution in [0.4, 0.5) is 0 Å². The summed E-state index contributed by atoms with van der Waals surface area (Å²) in [6.07, 6.45) is 0.908. The fraction of sp³-hybridized carbons (Fsp3) is 0.500. The van der Waals surface area contributed by atoms with Crippen molar-refractivity contribution in [1.82, 2.24) is 15.5 Å². The van der Waals surface area contributed by atoms with Crippen LogP contribution >= 0.6 is 0 Å². The molecule has 140 valence electrons. The van der Waals surface area contributed by atoms with E-state index >= 15 is 0 Å². The van der Waals surface area contributed by atoms with Crippen molar-refractivity contribution in [2.75, 3.05) is 20.6 Å². The SMILES string of the molecule is CCC(C)NC(=NCc1ccc(S(N)(=O)=O)cc1)NCC(=O)N(C)C. The van der Waals surface area contributed by atoms with Crippen molar-refractivity contribution in [1.29, 1.82) is 0 Å². The Morgan fingerprint density at radius 1 is 1.28 bits per heavy atom. The minimum absolute atomic E-state index is 0.0591. The summed E-state index contributed by atoms with van der Waals surface area (Å²) in [5, 5.41) is 11.3. The number of carbonyl (C=O) groups excluding carboxylic acids is 1. The van der Waals surface area contributed by atoms with Gasteiger partial charge in [0.25, 0.3) is 0 Å². The van der Waals surface area contributed by atoms with Gasteiger partial charge < -0.3 is 15.5 Å². The predicted octanol–water partition coefficient (Wildman–Crippen LogP) is 0.256. The topological polar surface area (TPSA) is 117 Å². The van der Waals surface area contributed by atoms with Gasteiger partial charge in [0.05, 0.1) is 18.0 Å². The maximum atomic E-state index is 11.7. The summed E-state index contributed by atoms with van der Waals surface area (Å²) in [6.45, 7) is 4.55. The molecule has 1 aromatic rings. The van der Waals surface area contributed by atoms with Crippen LogP contribution in [0.1, 0.15) is 25.8 Å². The monoisotopic (exact) mass is 369 g/mol. The smallest absolute Gasteiger partial charge is 0.241 e. The first kappa shape index (κ1) is 20.9. The van der Waals surface area contributed by atoms with Crippen LogP contribution in [0.5, 0.6) is 0 Å². The van der Waals surface area contributed by atoms with E-state index in [0.717, 1.165) is 12.0 Å². The number of rotatable bonds is 7. The van der Waals surface area contributed by atoms with Crippen molar-refractivity contribution in [3.05, 3.63) is 29.8 Å². The first-order valence-electron chi connectivity index (χ1n) is 8.00. The third kappa shape index (κ3) is 7.53. The fourth-order valence-electron chi connectivity index (χ4n) is 1.76. The van der Waals surface area contributed by atoms with Crippen molar-refractivity contribution < 1.29 is 13.2 Å². The van der Waals surface area contributed by atoms with E-state index < -0.39 is 10.0 Å². The van der Waals surface area contributed by atoms with Crippen LogP contribution in [0.25, 0.3) is 0 Å². The van der Waals surface area contributed by atoms with Crippen LogP contribution in [-0.2, 0) is 21.4 Å². The Kier molecular flexibility index (Phi) is 7.85. The molecule has 25 heavy (non-hydrogen) atoms. The van der Waals surface area contributed by atoms with Crippen LogP contribution in [0, 0.1) is 0 Å². The molecular weight excluding hydrogens is 342 g/mol. The number of likely N-dealkylation sites (N-methyl/N-ethyl adjacent to an activating group) is 1. The molecule has 1 atom stereocenters. The maximum absolute atomic E-state index is 11.7. The van der Waals surface area contributed by atoms with E-state index in [1.54, 1.807) is 26.2 Å². The Balaban J connectivity index is 2.81. The minimum atomic E-state index is -3.70. The Hall–Kier alpha value is -2.13. The lowest BCUT2D eigenvalue weighted by molar-refractivity contribution is -0.127. The molecular formula is C16H27N5O3S. The van der Waals surface area contributed by atoms with E-state index in [0.29, 0.717) is 12.5 Å². The highest BCUT2D eigenvalue weighted by molar-refractivity contribution is 7.89. The molecule has 0 spiro atoms. The number of sulfonamides is 1. The highest BCUT2D eigenvalue weighted by Crippen LogP contribution is 2.09. The second-order valence-electron chi connectivity index (χ2n) is 5.95. The number of aliphatic imine (C=N–C) groups is 1. The fourth-order valence-corrected chi connectivity index (χ4v) is 2.28. The van der Waals surface area contributed by atoms with E-state index in [-0.39, 0.29) is 23.4 Å².